The van der Waals surface area contributed by atoms with E-state index in [-0.39, 0.29) is 32.0 Å². The average Bonchev–Trinajstić information content (AvgIpc) is 2.18. The number of rotatable bonds is 75. The first-order valence-electron chi connectivity index (χ1n) is 40.4. The molecule has 0 aromatic rings. The van der Waals surface area contributed by atoms with Crippen LogP contribution < -0.4 is 4.89 Å². The summed E-state index contributed by atoms with van der Waals surface area (Å²) in [6.45, 7) is 4.18. The highest BCUT2D eigenvalue weighted by molar-refractivity contribution is 7.45. The Bertz CT molecular complexity index is 1930. The van der Waals surface area contributed by atoms with Crippen molar-refractivity contribution >= 4 is 19.8 Å². The number of nitrogens with zero attached hydrogens (tertiary/aromatic N) is 1. The summed E-state index contributed by atoms with van der Waals surface area (Å²) in [5, 5.41) is 0. The van der Waals surface area contributed by atoms with E-state index in [2.05, 4.69) is 111 Å². The van der Waals surface area contributed by atoms with E-state index in [0.717, 1.165) is 89.9 Å². The van der Waals surface area contributed by atoms with Gasteiger partial charge >= 0.3 is 11.9 Å². The third kappa shape index (κ3) is 79.8. The normalized spacial score (nSPS) is 13.5. The molecule has 0 radical (unpaired) electrons. The van der Waals surface area contributed by atoms with Crippen LogP contribution in [0.4, 0.5) is 0 Å². The fourth-order valence-corrected chi connectivity index (χ4v) is 12.5. The summed E-state index contributed by atoms with van der Waals surface area (Å²) < 4.78 is 34.4. The van der Waals surface area contributed by atoms with Crippen molar-refractivity contribution in [3.05, 3.63) is 97.2 Å². The van der Waals surface area contributed by atoms with Gasteiger partial charge in [0.2, 0.25) is 0 Å². The van der Waals surface area contributed by atoms with Crippen molar-refractivity contribution < 1.29 is 42.1 Å². The minimum absolute atomic E-state index is 0.0315. The highest BCUT2D eigenvalue weighted by Gasteiger charge is 2.22. The second-order valence-corrected chi connectivity index (χ2v) is 29.8. The Hall–Kier alpha value is -3.07. The number of carbonyl (C=O) groups excluding carboxylic acids is 2. The molecule has 95 heavy (non-hydrogen) atoms. The maximum Gasteiger partial charge on any atom is 0.306 e. The second-order valence-electron chi connectivity index (χ2n) is 28.4. The molecule has 10 heteroatoms. The molecule has 0 aliphatic heterocycles. The minimum atomic E-state index is -4.65. The molecule has 0 rings (SSSR count). The van der Waals surface area contributed by atoms with Crippen molar-refractivity contribution in [2.75, 3.05) is 47.5 Å². The third-order valence-electron chi connectivity index (χ3n) is 17.9. The molecule has 0 aromatic carbocycles. The number of esters is 2. The van der Waals surface area contributed by atoms with Gasteiger partial charge in [-0.3, -0.25) is 14.2 Å². The average molecular weight is 1350 g/mol. The van der Waals surface area contributed by atoms with E-state index in [1.807, 2.05) is 21.1 Å². The minimum Gasteiger partial charge on any atom is -0.756 e. The van der Waals surface area contributed by atoms with Crippen LogP contribution in [0.5, 0.6) is 0 Å². The first-order chi connectivity index (χ1) is 46.5. The Labute approximate surface area is 589 Å². The summed E-state index contributed by atoms with van der Waals surface area (Å²) in [6.07, 6.45) is 105. The summed E-state index contributed by atoms with van der Waals surface area (Å²) in [4.78, 5) is 38.2. The molecule has 0 heterocycles. The van der Waals surface area contributed by atoms with E-state index in [0.29, 0.717) is 17.4 Å². The number of carbonyl (C=O) groups is 2. The van der Waals surface area contributed by atoms with Gasteiger partial charge in [-0.05, 0) is 77.0 Å². The Morgan fingerprint density at radius 3 is 0.895 bits per heavy atom. The molecule has 0 aliphatic carbocycles. The lowest BCUT2D eigenvalue weighted by Gasteiger charge is -2.28. The smallest absolute Gasteiger partial charge is 0.306 e. The number of allylic oxidation sites excluding steroid dienone is 16. The number of phosphoric ester groups is 1. The summed E-state index contributed by atoms with van der Waals surface area (Å²) in [6, 6.07) is 0. The van der Waals surface area contributed by atoms with Gasteiger partial charge in [0.15, 0.2) is 6.10 Å². The summed E-state index contributed by atoms with van der Waals surface area (Å²) in [7, 11) is 1.18. The SMILES string of the molecule is CC/C=C\C/C=C\C/C=C\C/C=C\C/C=C\C/C=C\C/C=C\C/C=C\CCCCCCCCCCCCCCCCC(=O)OC(COC(=O)CCCCCCCCCCCCCCCCCCCCCCCCCCCCCCCCCC)COP(=O)([O-])OCC[N+](C)(C)C. The standard InChI is InChI=1S/C85H154NO8P/c1-6-8-10-12-14-16-18-20-22-24-26-28-30-32-34-36-38-40-41-42-43-44-45-46-48-50-52-54-56-58-60-62-64-66-68-70-72-74-76-78-85(88)94-83(82-93-95(89,90)92-80-79-86(3,4)5)81-91-84(87)77-75-73-71-69-67-65-63-61-59-57-55-53-51-49-47-39-37-35-33-31-29-27-25-23-21-19-17-15-13-11-9-7-2/h8,10,14,16,20,22,26,28,32,34,38,40,42-43,45-46,83H,6-7,9,11-13,15,17-19,21,23-25,27,29-31,33,35-37,39,41,44,47-82H2,1-5H3/b10-8-,16-14-,22-20-,28-26-,34-32-,40-38-,43-42-,46-45-. The lowest BCUT2D eigenvalue weighted by atomic mass is 10.0. The van der Waals surface area contributed by atoms with E-state index < -0.39 is 26.5 Å². The number of phosphoric acid groups is 1. The summed E-state index contributed by atoms with van der Waals surface area (Å²) in [5.41, 5.74) is 0. The highest BCUT2D eigenvalue weighted by Crippen LogP contribution is 2.38. The Morgan fingerprint density at radius 1 is 0.337 bits per heavy atom. The van der Waals surface area contributed by atoms with Crippen LogP contribution in [0.3, 0.4) is 0 Å². The van der Waals surface area contributed by atoms with Crippen LogP contribution in [0.1, 0.15) is 380 Å². The first kappa shape index (κ1) is 91.9. The number of unbranched alkanes of at least 4 members (excludes halogenated alkanes) is 45. The van der Waals surface area contributed by atoms with Crippen LogP contribution in [-0.4, -0.2) is 70.0 Å². The van der Waals surface area contributed by atoms with Crippen LogP contribution in [0, 0.1) is 0 Å². The fraction of sp³-hybridized carbons (Fsp3) is 0.788. The van der Waals surface area contributed by atoms with Gasteiger partial charge in [0.1, 0.15) is 19.8 Å². The lowest BCUT2D eigenvalue weighted by molar-refractivity contribution is -0.870. The van der Waals surface area contributed by atoms with Crippen LogP contribution in [0.15, 0.2) is 97.2 Å². The van der Waals surface area contributed by atoms with Gasteiger partial charge in [-0.25, -0.2) is 0 Å². The molecule has 0 saturated heterocycles. The van der Waals surface area contributed by atoms with Crippen molar-refractivity contribution in [3.8, 4) is 0 Å². The quantitative estimate of drug-likeness (QED) is 0.0195. The zero-order valence-corrected chi connectivity index (χ0v) is 64.0. The van der Waals surface area contributed by atoms with E-state index in [9.17, 15) is 19.0 Å². The van der Waals surface area contributed by atoms with Gasteiger partial charge in [-0.15, -0.1) is 0 Å². The zero-order chi connectivity index (χ0) is 69.0. The first-order valence-corrected chi connectivity index (χ1v) is 41.9. The number of ether oxygens (including phenoxy) is 2. The molecule has 2 unspecified atom stereocenters. The predicted octanol–water partition coefficient (Wildman–Crippen LogP) is 26.4. The zero-order valence-electron chi connectivity index (χ0n) is 63.1. The molecule has 0 aromatic heterocycles. The monoisotopic (exact) mass is 1350 g/mol. The van der Waals surface area contributed by atoms with Crippen molar-refractivity contribution in [1.82, 2.24) is 0 Å². The predicted molar refractivity (Wildman–Crippen MR) is 411 cm³/mol. The van der Waals surface area contributed by atoms with Gasteiger partial charge in [0.25, 0.3) is 7.82 Å². The lowest BCUT2D eigenvalue weighted by Crippen LogP contribution is -2.37. The fourth-order valence-electron chi connectivity index (χ4n) is 11.7. The molecule has 0 spiro atoms. The Kier molecular flexibility index (Phi) is 72.7. The second kappa shape index (κ2) is 75.1. The molecular weight excluding hydrogens is 1190 g/mol. The molecule has 0 amide bonds. The molecule has 0 aliphatic rings. The molecule has 0 bridgehead atoms. The van der Waals surface area contributed by atoms with Crippen LogP contribution >= 0.6 is 7.82 Å². The van der Waals surface area contributed by atoms with Crippen LogP contribution in [-0.2, 0) is 32.7 Å². The highest BCUT2D eigenvalue weighted by atomic mass is 31.2. The number of hydrogen-bond acceptors (Lipinski definition) is 8. The Balaban J connectivity index is 3.96. The molecule has 552 valence electrons. The molecule has 2 atom stereocenters. The topological polar surface area (TPSA) is 111 Å². The third-order valence-corrected chi connectivity index (χ3v) is 18.8. The van der Waals surface area contributed by atoms with E-state index in [1.54, 1.807) is 0 Å². The number of hydrogen-bond donors (Lipinski definition) is 0. The van der Waals surface area contributed by atoms with E-state index >= 15 is 0 Å². The van der Waals surface area contributed by atoms with Gasteiger partial charge in [-0.1, -0.05) is 387 Å². The Morgan fingerprint density at radius 2 is 0.600 bits per heavy atom. The molecule has 0 N–H and O–H groups in total. The summed E-state index contributed by atoms with van der Waals surface area (Å²) in [5.74, 6) is -0.818. The molecular formula is C85H154NO8P. The van der Waals surface area contributed by atoms with Gasteiger partial charge in [0, 0.05) is 12.8 Å². The molecule has 0 fully saturated rings. The van der Waals surface area contributed by atoms with Crippen molar-refractivity contribution in [2.24, 2.45) is 0 Å². The van der Waals surface area contributed by atoms with Gasteiger partial charge < -0.3 is 27.9 Å². The van der Waals surface area contributed by atoms with E-state index in [1.165, 1.54) is 257 Å². The van der Waals surface area contributed by atoms with Crippen molar-refractivity contribution in [1.29, 1.82) is 0 Å². The van der Waals surface area contributed by atoms with Gasteiger partial charge in [-0.2, -0.15) is 0 Å². The number of quaternary nitrogens is 1. The maximum atomic E-state index is 12.9. The van der Waals surface area contributed by atoms with E-state index in [4.69, 9.17) is 18.5 Å². The molecule has 9 nitrogen and oxygen atoms in total. The van der Waals surface area contributed by atoms with Crippen LogP contribution in [0.25, 0.3) is 0 Å². The maximum absolute atomic E-state index is 12.9. The largest absolute Gasteiger partial charge is 0.756 e. The number of likely N-dealkylation sites (N-methyl/N-ethyl adjacent to an activating group) is 1. The van der Waals surface area contributed by atoms with Crippen molar-refractivity contribution in [2.45, 2.75) is 386 Å². The molecule has 0 saturated carbocycles. The van der Waals surface area contributed by atoms with Gasteiger partial charge in [0.05, 0.1) is 27.7 Å². The van der Waals surface area contributed by atoms with Crippen LogP contribution in [0.2, 0.25) is 0 Å². The summed E-state index contributed by atoms with van der Waals surface area (Å²) >= 11 is 0. The van der Waals surface area contributed by atoms with Crippen molar-refractivity contribution in [3.63, 3.8) is 0 Å².